The molecule has 0 saturated carbocycles. The first-order valence-electron chi connectivity index (χ1n) is 6.05. The average Bonchev–Trinajstić information content (AvgIpc) is 2.38. The molecule has 2 aromatic rings. The molecular weight excluding hydrogens is 337 g/mol. The summed E-state index contributed by atoms with van der Waals surface area (Å²) in [5.41, 5.74) is 1.86. The Hall–Kier alpha value is -1.57. The van der Waals surface area contributed by atoms with Gasteiger partial charge in [0.25, 0.3) is 0 Å². The largest absolute Gasteiger partial charge is 2.00 e. The second-order valence-electron chi connectivity index (χ2n) is 4.53. The van der Waals surface area contributed by atoms with E-state index in [0.717, 1.165) is 11.1 Å². The van der Waals surface area contributed by atoms with Gasteiger partial charge in [-0.1, -0.05) is 35.4 Å². The predicted molar refractivity (Wildman–Crippen MR) is 84.0 cm³/mol. The van der Waals surface area contributed by atoms with Crippen LogP contribution in [0.3, 0.4) is 0 Å². The van der Waals surface area contributed by atoms with E-state index in [1.807, 2.05) is 13.8 Å². The zero-order chi connectivity index (χ0) is 17.0. The number of rotatable bonds is 2. The van der Waals surface area contributed by atoms with E-state index in [4.69, 9.17) is 0 Å². The van der Waals surface area contributed by atoms with E-state index in [2.05, 4.69) is 0 Å². The predicted octanol–water partition coefficient (Wildman–Crippen LogP) is 1.42. The van der Waals surface area contributed by atoms with Crippen molar-refractivity contribution in [2.45, 2.75) is 23.6 Å². The summed E-state index contributed by atoms with van der Waals surface area (Å²) in [6, 6.07) is 11.6. The van der Waals surface area contributed by atoms with Crippen LogP contribution in [0.4, 0.5) is 0 Å². The van der Waals surface area contributed by atoms with Crippen LogP contribution in [0.25, 0.3) is 0 Å². The summed E-state index contributed by atoms with van der Waals surface area (Å²) >= 11 is 0. The van der Waals surface area contributed by atoms with E-state index in [1.165, 1.54) is 24.3 Å². The molecule has 9 heteroatoms. The molecule has 0 heterocycles. The maximum Gasteiger partial charge on any atom is 2.00 e. The van der Waals surface area contributed by atoms with Crippen LogP contribution >= 0.6 is 0 Å². The molecule has 0 atom stereocenters. The van der Waals surface area contributed by atoms with Crippen molar-refractivity contribution in [3.05, 3.63) is 59.7 Å². The van der Waals surface area contributed by atoms with E-state index >= 15 is 0 Å². The van der Waals surface area contributed by atoms with Crippen LogP contribution in [0.15, 0.2) is 58.3 Å². The van der Waals surface area contributed by atoms with E-state index in [0.29, 0.717) is 0 Å². The molecule has 0 aromatic heterocycles. The molecule has 0 aliphatic rings. The van der Waals surface area contributed by atoms with Gasteiger partial charge < -0.3 is 9.11 Å². The standard InChI is InChI=1S/2C7H8O3S.Be/c2*1-6-2-4-7(5-3-6)11(8,9)10;/h2*2-5H,1H3,(H,8,9,10);/q;;+2/p-2. The molecule has 0 unspecified atom stereocenters. The Morgan fingerprint density at radius 1 is 0.609 bits per heavy atom. The minimum Gasteiger partial charge on any atom is -0.744 e. The molecule has 0 radical (unpaired) electrons. The van der Waals surface area contributed by atoms with Gasteiger partial charge in [0.05, 0.1) is 9.79 Å². The maximum atomic E-state index is 10.4. The summed E-state index contributed by atoms with van der Waals surface area (Å²) in [6.07, 6.45) is 0. The van der Waals surface area contributed by atoms with Crippen LogP contribution in [0.5, 0.6) is 0 Å². The Bertz CT molecular complexity index is 752. The van der Waals surface area contributed by atoms with E-state index in [-0.39, 0.29) is 19.9 Å². The monoisotopic (exact) mass is 351 g/mol. The summed E-state index contributed by atoms with van der Waals surface area (Å²) in [6.45, 7) is 3.64. The van der Waals surface area contributed by atoms with E-state index < -0.39 is 20.2 Å². The molecule has 120 valence electrons. The van der Waals surface area contributed by atoms with Gasteiger partial charge >= 0.3 is 10.1 Å². The van der Waals surface area contributed by atoms with E-state index in [9.17, 15) is 25.9 Å². The SMILES string of the molecule is Cc1ccc(S(=O)(=O)[O-])cc1.Cc1ccc(S(=O)(=O)[O-])cc1.[Be+2]. The molecule has 0 saturated heterocycles. The summed E-state index contributed by atoms with van der Waals surface area (Å²) in [5.74, 6) is 0. The molecule has 2 rings (SSSR count). The smallest absolute Gasteiger partial charge is 0.744 e. The number of hydrogen-bond acceptors (Lipinski definition) is 6. The fourth-order valence-corrected chi connectivity index (χ4v) is 2.35. The molecule has 0 spiro atoms. The van der Waals surface area contributed by atoms with Gasteiger partial charge in [0.1, 0.15) is 20.2 Å². The molecule has 0 aliphatic heterocycles. The zero-order valence-corrected chi connectivity index (χ0v) is 14.2. The van der Waals surface area contributed by atoms with Gasteiger partial charge in [-0.05, 0) is 38.1 Å². The molecule has 0 aliphatic carbocycles. The second kappa shape index (κ2) is 8.33. The van der Waals surface area contributed by atoms with Crippen molar-refractivity contribution in [3.63, 3.8) is 0 Å². The van der Waals surface area contributed by atoms with Gasteiger partial charge in [0.2, 0.25) is 0 Å². The van der Waals surface area contributed by atoms with Crippen LogP contribution in [0, 0.1) is 13.8 Å². The van der Waals surface area contributed by atoms with Crippen LogP contribution in [0.2, 0.25) is 0 Å². The molecule has 6 nitrogen and oxygen atoms in total. The van der Waals surface area contributed by atoms with Crippen LogP contribution < -0.4 is 0 Å². The van der Waals surface area contributed by atoms with Crippen molar-refractivity contribution >= 4 is 30.4 Å². The van der Waals surface area contributed by atoms with Gasteiger partial charge in [-0.3, -0.25) is 0 Å². The molecule has 0 bridgehead atoms. The zero-order valence-electron chi connectivity index (χ0n) is 12.6. The number of benzene rings is 2. The van der Waals surface area contributed by atoms with Crippen molar-refractivity contribution in [2.24, 2.45) is 0 Å². The van der Waals surface area contributed by atoms with Gasteiger partial charge in [0, 0.05) is 0 Å². The fraction of sp³-hybridized carbons (Fsp3) is 0.143. The van der Waals surface area contributed by atoms with Crippen molar-refractivity contribution < 1.29 is 25.9 Å². The van der Waals surface area contributed by atoms with Gasteiger partial charge in [0.15, 0.2) is 0 Å². The Balaban J connectivity index is 0.000000403. The third-order valence-electron chi connectivity index (χ3n) is 2.62. The van der Waals surface area contributed by atoms with Crippen molar-refractivity contribution in [2.75, 3.05) is 0 Å². The summed E-state index contributed by atoms with van der Waals surface area (Å²) in [5, 5.41) is 0. The topological polar surface area (TPSA) is 114 Å². The third-order valence-corrected chi connectivity index (χ3v) is 4.32. The molecule has 0 amide bonds. The minimum absolute atomic E-state index is 0. The minimum atomic E-state index is -4.27. The molecule has 0 N–H and O–H groups in total. The first-order valence-corrected chi connectivity index (χ1v) is 8.87. The van der Waals surface area contributed by atoms with Crippen molar-refractivity contribution in [1.82, 2.24) is 0 Å². The Kier molecular flexibility index (Phi) is 7.76. The van der Waals surface area contributed by atoms with Crippen molar-refractivity contribution in [3.8, 4) is 0 Å². The van der Waals surface area contributed by atoms with Crippen LogP contribution in [0.1, 0.15) is 11.1 Å². The summed E-state index contributed by atoms with van der Waals surface area (Å²) in [7, 11) is -8.54. The quantitative estimate of drug-likeness (QED) is 0.597. The van der Waals surface area contributed by atoms with Gasteiger partial charge in [-0.2, -0.15) is 0 Å². The van der Waals surface area contributed by atoms with Gasteiger partial charge in [-0.15, -0.1) is 0 Å². The molecule has 2 aromatic carbocycles. The van der Waals surface area contributed by atoms with Crippen molar-refractivity contribution in [1.29, 1.82) is 0 Å². The Labute approximate surface area is 139 Å². The maximum absolute atomic E-state index is 10.4. The Morgan fingerprint density at radius 3 is 1.00 bits per heavy atom. The molecule has 0 fully saturated rings. The second-order valence-corrected chi connectivity index (χ2v) is 7.29. The summed E-state index contributed by atoms with van der Waals surface area (Å²) < 4.78 is 62.3. The Morgan fingerprint density at radius 2 is 0.826 bits per heavy atom. The summed E-state index contributed by atoms with van der Waals surface area (Å²) in [4.78, 5) is -0.355. The average molecular weight is 351 g/mol. The van der Waals surface area contributed by atoms with Gasteiger partial charge in [-0.25, -0.2) is 16.8 Å². The first-order chi connectivity index (χ1) is 10.00. The normalized spacial score (nSPS) is 11.0. The third kappa shape index (κ3) is 7.49. The number of hydrogen-bond donors (Lipinski definition) is 0. The molecular formula is C14H14BeO6S2. The fourth-order valence-electron chi connectivity index (χ4n) is 1.41. The van der Waals surface area contributed by atoms with E-state index in [1.54, 1.807) is 24.3 Å². The van der Waals surface area contributed by atoms with Crippen LogP contribution in [-0.4, -0.2) is 36.1 Å². The number of aryl methyl sites for hydroxylation is 2. The molecule has 23 heavy (non-hydrogen) atoms. The van der Waals surface area contributed by atoms with Crippen LogP contribution in [-0.2, 0) is 20.2 Å². The first kappa shape index (κ1) is 21.4.